The third-order valence-corrected chi connectivity index (χ3v) is 4.80. The first-order chi connectivity index (χ1) is 14.9. The molecule has 3 rings (SSSR count). The Hall–Kier alpha value is -3.60. The van der Waals surface area contributed by atoms with Gasteiger partial charge in [0.25, 0.3) is 5.91 Å². The zero-order valence-electron chi connectivity index (χ0n) is 18.1. The van der Waals surface area contributed by atoms with Gasteiger partial charge in [0, 0.05) is 17.7 Å². The van der Waals surface area contributed by atoms with Crippen LogP contribution < -0.4 is 14.8 Å². The Balaban J connectivity index is 1.45. The molecule has 0 spiro atoms. The highest BCUT2D eigenvalue weighted by molar-refractivity contribution is 6.04. The van der Waals surface area contributed by atoms with E-state index in [-0.39, 0.29) is 18.3 Å². The fourth-order valence-corrected chi connectivity index (χ4v) is 2.96. The average Bonchev–Trinajstić information content (AvgIpc) is 2.75. The number of carbonyl (C=O) groups excluding carboxylic acids is 2. The molecule has 0 atom stereocenters. The molecule has 0 radical (unpaired) electrons. The molecule has 5 heteroatoms. The Bertz CT molecular complexity index is 1040. The van der Waals surface area contributed by atoms with Crippen molar-refractivity contribution in [1.82, 2.24) is 0 Å². The van der Waals surface area contributed by atoms with Gasteiger partial charge in [-0.2, -0.15) is 0 Å². The zero-order valence-corrected chi connectivity index (χ0v) is 18.1. The van der Waals surface area contributed by atoms with Gasteiger partial charge in [0.15, 0.2) is 0 Å². The topological polar surface area (TPSA) is 64.6 Å². The van der Waals surface area contributed by atoms with E-state index in [1.165, 1.54) is 5.56 Å². The van der Waals surface area contributed by atoms with Gasteiger partial charge in [-0.25, -0.2) is 0 Å². The quantitative estimate of drug-likeness (QED) is 0.293. The van der Waals surface area contributed by atoms with Gasteiger partial charge in [-0.05, 0) is 80.8 Å². The van der Waals surface area contributed by atoms with Crippen LogP contribution in [0.25, 0.3) is 0 Å². The average molecular weight is 418 g/mol. The summed E-state index contributed by atoms with van der Waals surface area (Å²) in [7, 11) is 0. The molecule has 1 amide bonds. The van der Waals surface area contributed by atoms with Crippen LogP contribution in [0.1, 0.15) is 39.9 Å². The highest BCUT2D eigenvalue weighted by Crippen LogP contribution is 2.19. The van der Waals surface area contributed by atoms with Gasteiger partial charge in [0.1, 0.15) is 11.5 Å². The molecule has 31 heavy (non-hydrogen) atoms. The number of carbonyl (C=O) groups is 2. The summed E-state index contributed by atoms with van der Waals surface area (Å²) in [5, 5.41) is 2.92. The first-order valence-corrected chi connectivity index (χ1v) is 10.3. The Morgan fingerprint density at radius 2 is 1.45 bits per heavy atom. The van der Waals surface area contributed by atoms with Gasteiger partial charge in [-0.15, -0.1) is 0 Å². The van der Waals surface area contributed by atoms with E-state index in [9.17, 15) is 9.59 Å². The molecule has 0 aliphatic heterocycles. The van der Waals surface area contributed by atoms with Gasteiger partial charge < -0.3 is 14.8 Å². The lowest BCUT2D eigenvalue weighted by Crippen LogP contribution is -2.13. The van der Waals surface area contributed by atoms with Crippen LogP contribution in [0.5, 0.6) is 11.5 Å². The van der Waals surface area contributed by atoms with E-state index in [0.29, 0.717) is 24.3 Å². The van der Waals surface area contributed by atoms with Crippen molar-refractivity contribution in [2.24, 2.45) is 0 Å². The van der Waals surface area contributed by atoms with Crippen LogP contribution in [0.3, 0.4) is 0 Å². The van der Waals surface area contributed by atoms with Crippen molar-refractivity contribution in [2.75, 3.05) is 11.9 Å². The molecule has 0 aliphatic carbocycles. The van der Waals surface area contributed by atoms with Crippen molar-refractivity contribution in [2.45, 2.75) is 33.6 Å². The molecule has 3 aromatic rings. The van der Waals surface area contributed by atoms with Crippen molar-refractivity contribution in [3.8, 4) is 11.5 Å². The minimum Gasteiger partial charge on any atom is -0.494 e. The summed E-state index contributed by atoms with van der Waals surface area (Å²) in [4.78, 5) is 24.5. The lowest BCUT2D eigenvalue weighted by Gasteiger charge is -2.10. The maximum Gasteiger partial charge on any atom is 0.311 e. The molecule has 0 aliphatic rings. The fourth-order valence-electron chi connectivity index (χ4n) is 2.96. The summed E-state index contributed by atoms with van der Waals surface area (Å²) in [5.41, 5.74) is 4.52. The fraction of sp³-hybridized carbons (Fsp3) is 0.231. The summed E-state index contributed by atoms with van der Waals surface area (Å²) in [6.07, 6.45) is 0.809. The molecule has 1 N–H and O–H groups in total. The lowest BCUT2D eigenvalue weighted by molar-refractivity contribution is -0.134. The maximum absolute atomic E-state index is 12.5. The third-order valence-electron chi connectivity index (χ3n) is 4.80. The predicted molar refractivity (Wildman–Crippen MR) is 122 cm³/mol. The molecule has 0 bridgehead atoms. The van der Waals surface area contributed by atoms with E-state index < -0.39 is 0 Å². The first-order valence-electron chi connectivity index (χ1n) is 10.3. The van der Waals surface area contributed by atoms with Crippen LogP contribution in [0.2, 0.25) is 0 Å². The smallest absolute Gasteiger partial charge is 0.311 e. The first kappa shape index (κ1) is 22.1. The van der Waals surface area contributed by atoms with Crippen LogP contribution in [0.4, 0.5) is 5.69 Å². The molecule has 0 fully saturated rings. The number of aryl methyl sites for hydroxylation is 3. The number of nitrogens with one attached hydrogen (secondary N) is 1. The number of benzene rings is 3. The number of hydrogen-bond donors (Lipinski definition) is 1. The zero-order chi connectivity index (χ0) is 22.2. The molecule has 0 saturated heterocycles. The van der Waals surface area contributed by atoms with E-state index >= 15 is 0 Å². The number of hydrogen-bond acceptors (Lipinski definition) is 4. The normalized spacial score (nSPS) is 10.4. The van der Waals surface area contributed by atoms with Gasteiger partial charge in [-0.1, -0.05) is 29.8 Å². The third kappa shape index (κ3) is 6.71. The Labute approximate surface area is 183 Å². The van der Waals surface area contributed by atoms with Crippen molar-refractivity contribution in [3.63, 3.8) is 0 Å². The van der Waals surface area contributed by atoms with E-state index in [1.807, 2.05) is 63.2 Å². The molecule has 5 nitrogen and oxygen atoms in total. The Morgan fingerprint density at radius 3 is 2.16 bits per heavy atom. The highest BCUT2D eigenvalue weighted by atomic mass is 16.5. The maximum atomic E-state index is 12.5. The number of amides is 1. The molecule has 0 heterocycles. The SMILES string of the molecule is Cc1ccc(OCCCC(=O)Oc2ccc(C(=O)Nc3cc(C)ccc3C)cc2)cc1. The Kier molecular flexibility index (Phi) is 7.44. The second-order valence-electron chi connectivity index (χ2n) is 7.54. The van der Waals surface area contributed by atoms with Crippen LogP contribution in [0.15, 0.2) is 66.7 Å². The van der Waals surface area contributed by atoms with Crippen LogP contribution >= 0.6 is 0 Å². The van der Waals surface area contributed by atoms with E-state index in [0.717, 1.165) is 22.6 Å². The number of rotatable bonds is 8. The minimum absolute atomic E-state index is 0.208. The second kappa shape index (κ2) is 10.4. The molecule has 0 aromatic heterocycles. The van der Waals surface area contributed by atoms with E-state index in [1.54, 1.807) is 24.3 Å². The van der Waals surface area contributed by atoms with Gasteiger partial charge >= 0.3 is 5.97 Å². The van der Waals surface area contributed by atoms with Crippen molar-refractivity contribution >= 4 is 17.6 Å². The molecule has 160 valence electrons. The van der Waals surface area contributed by atoms with E-state index in [2.05, 4.69) is 5.32 Å². The van der Waals surface area contributed by atoms with Gasteiger partial charge in [-0.3, -0.25) is 9.59 Å². The summed E-state index contributed by atoms with van der Waals surface area (Å²) < 4.78 is 11.0. The van der Waals surface area contributed by atoms with E-state index in [4.69, 9.17) is 9.47 Å². The van der Waals surface area contributed by atoms with Crippen molar-refractivity contribution in [3.05, 3.63) is 89.0 Å². The summed E-state index contributed by atoms with van der Waals surface area (Å²) >= 11 is 0. The van der Waals surface area contributed by atoms with Crippen molar-refractivity contribution < 1.29 is 19.1 Å². The van der Waals surface area contributed by atoms with Crippen LogP contribution in [-0.4, -0.2) is 18.5 Å². The number of anilines is 1. The lowest BCUT2D eigenvalue weighted by atomic mass is 10.1. The number of ether oxygens (including phenoxy) is 2. The highest BCUT2D eigenvalue weighted by Gasteiger charge is 2.10. The summed E-state index contributed by atoms with van der Waals surface area (Å²) in [6.45, 7) is 6.38. The molecule has 3 aromatic carbocycles. The Morgan fingerprint density at radius 1 is 0.806 bits per heavy atom. The molecule has 0 saturated carbocycles. The van der Waals surface area contributed by atoms with Gasteiger partial charge in [0.05, 0.1) is 6.61 Å². The summed E-state index contributed by atoms with van der Waals surface area (Å²) in [6, 6.07) is 20.2. The van der Waals surface area contributed by atoms with Crippen molar-refractivity contribution in [1.29, 1.82) is 0 Å². The monoisotopic (exact) mass is 417 g/mol. The van der Waals surface area contributed by atoms with Crippen LogP contribution in [-0.2, 0) is 4.79 Å². The van der Waals surface area contributed by atoms with Crippen LogP contribution in [0, 0.1) is 20.8 Å². The second-order valence-corrected chi connectivity index (χ2v) is 7.54. The summed E-state index contributed by atoms with van der Waals surface area (Å²) in [5.74, 6) is 0.654. The molecular formula is C26H27NO4. The number of esters is 1. The molecular weight excluding hydrogens is 390 g/mol. The largest absolute Gasteiger partial charge is 0.494 e. The standard InChI is InChI=1S/C26H27NO4/c1-18-7-12-22(13-8-18)30-16-4-5-25(28)31-23-14-10-21(11-15-23)26(29)27-24-17-19(2)6-9-20(24)3/h6-15,17H,4-5,16H2,1-3H3,(H,27,29). The predicted octanol–water partition coefficient (Wildman–Crippen LogP) is 5.63. The minimum atomic E-state index is -0.333. The molecule has 0 unspecified atom stereocenters. The van der Waals surface area contributed by atoms with Gasteiger partial charge in [0.2, 0.25) is 0 Å².